The average molecular weight is 385 g/mol. The minimum Gasteiger partial charge on any atom is -0.504 e. The van der Waals surface area contributed by atoms with Gasteiger partial charge in [0.2, 0.25) is 11.7 Å². The van der Waals surface area contributed by atoms with E-state index in [1.165, 1.54) is 12.1 Å². The number of rotatable bonds is 7. The van der Waals surface area contributed by atoms with E-state index in [-0.39, 0.29) is 17.9 Å². The molecule has 0 bridgehead atoms. The second kappa shape index (κ2) is 8.51. The molecule has 8 heteroatoms. The molecule has 0 radical (unpaired) electrons. The monoisotopic (exact) mass is 385 g/mol. The smallest absolute Gasteiger partial charge is 0.226 e. The zero-order valence-corrected chi connectivity index (χ0v) is 15.5. The normalized spacial score (nSPS) is 11.6. The van der Waals surface area contributed by atoms with E-state index in [9.17, 15) is 14.6 Å². The summed E-state index contributed by atoms with van der Waals surface area (Å²) in [6.45, 7) is 3.73. The van der Waals surface area contributed by atoms with Gasteiger partial charge in [0.05, 0.1) is 5.71 Å². The molecule has 0 unspecified atom stereocenters. The first-order valence-corrected chi connectivity index (χ1v) is 8.78. The molecule has 0 aliphatic rings. The van der Waals surface area contributed by atoms with Crippen molar-refractivity contribution in [3.63, 3.8) is 0 Å². The van der Waals surface area contributed by atoms with E-state index in [2.05, 4.69) is 15.3 Å². The van der Waals surface area contributed by atoms with Crippen molar-refractivity contribution in [3.8, 4) is 22.9 Å². The molecule has 2 N–H and O–H groups in total. The highest BCUT2D eigenvalue weighted by atomic mass is 19.1. The van der Waals surface area contributed by atoms with Gasteiger partial charge in [-0.1, -0.05) is 35.4 Å². The average Bonchev–Trinajstić information content (AvgIpc) is 3.15. The van der Waals surface area contributed by atoms with E-state index in [0.29, 0.717) is 11.7 Å². The summed E-state index contributed by atoms with van der Waals surface area (Å²) in [6.07, 6.45) is 1.65. The highest BCUT2D eigenvalue weighted by Crippen LogP contribution is 2.30. The maximum Gasteiger partial charge on any atom is 0.226 e. The Morgan fingerprint density at radius 1 is 1.25 bits per heavy atom. The summed E-state index contributed by atoms with van der Waals surface area (Å²) < 4.78 is 19.2. The summed E-state index contributed by atoms with van der Waals surface area (Å²) >= 11 is 0. The van der Waals surface area contributed by atoms with Gasteiger partial charge in [-0.3, -0.25) is 0 Å². The van der Waals surface area contributed by atoms with Crippen molar-refractivity contribution in [1.29, 1.82) is 0 Å². The molecular weight excluding hydrogens is 365 g/mol. The van der Waals surface area contributed by atoms with Gasteiger partial charge in [-0.15, -0.1) is 0 Å². The number of phenols is 2. The molecule has 3 aromatic rings. The third-order valence-corrected chi connectivity index (χ3v) is 4.03. The fourth-order valence-corrected chi connectivity index (χ4v) is 2.57. The molecule has 0 saturated heterocycles. The molecule has 0 aliphatic carbocycles. The van der Waals surface area contributed by atoms with Crippen molar-refractivity contribution >= 4 is 5.71 Å². The molecule has 0 spiro atoms. The lowest BCUT2D eigenvalue weighted by Crippen LogP contribution is -2.01. The number of phenolic OH excluding ortho intramolecular Hbond substituents is 2. The van der Waals surface area contributed by atoms with Gasteiger partial charge in [0, 0.05) is 17.5 Å². The first kappa shape index (κ1) is 19.3. The maximum absolute atomic E-state index is 14.0. The fourth-order valence-electron chi connectivity index (χ4n) is 2.57. The third-order valence-electron chi connectivity index (χ3n) is 4.03. The van der Waals surface area contributed by atoms with Gasteiger partial charge >= 0.3 is 0 Å². The van der Waals surface area contributed by atoms with E-state index in [1.54, 1.807) is 6.92 Å². The molecule has 1 heterocycles. The summed E-state index contributed by atoms with van der Waals surface area (Å²) in [7, 11) is 0. The molecule has 0 atom stereocenters. The first-order chi connectivity index (χ1) is 13.5. The van der Waals surface area contributed by atoms with E-state index in [4.69, 9.17) is 9.36 Å². The minimum absolute atomic E-state index is 0.0410. The molecule has 28 heavy (non-hydrogen) atoms. The lowest BCUT2D eigenvalue weighted by Gasteiger charge is -2.06. The molecule has 146 valence electrons. The fraction of sp³-hybridized carbons (Fsp3) is 0.250. The maximum atomic E-state index is 14.0. The van der Waals surface area contributed by atoms with Crippen LogP contribution in [0.3, 0.4) is 0 Å². The van der Waals surface area contributed by atoms with Crippen molar-refractivity contribution < 1.29 is 24.0 Å². The standard InChI is InChI=1S/C20H20FN3O4/c1-3-5-17-22-20(24-28-17)14-7-4-6-13(10-14)11-27-23-12(2)15-8-9-16(25)19(26)18(15)21/h4,6-10,25-26H,3,5,11H2,1-2H3. The van der Waals surface area contributed by atoms with Crippen molar-refractivity contribution in [2.75, 3.05) is 0 Å². The first-order valence-electron chi connectivity index (χ1n) is 8.78. The predicted molar refractivity (Wildman–Crippen MR) is 100 cm³/mol. The van der Waals surface area contributed by atoms with Crippen LogP contribution in [0.1, 0.15) is 37.3 Å². The van der Waals surface area contributed by atoms with Crippen LogP contribution in [0.4, 0.5) is 4.39 Å². The second-order valence-electron chi connectivity index (χ2n) is 6.21. The number of benzene rings is 2. The van der Waals surface area contributed by atoms with Gasteiger partial charge in [-0.25, -0.2) is 4.39 Å². The number of aromatic hydroxyl groups is 2. The van der Waals surface area contributed by atoms with Crippen LogP contribution in [0.25, 0.3) is 11.4 Å². The van der Waals surface area contributed by atoms with E-state index < -0.39 is 17.3 Å². The number of nitrogens with zero attached hydrogens (tertiary/aromatic N) is 3. The Bertz CT molecular complexity index is 1000. The van der Waals surface area contributed by atoms with Crippen LogP contribution in [-0.4, -0.2) is 26.1 Å². The van der Waals surface area contributed by atoms with Crippen molar-refractivity contribution in [1.82, 2.24) is 10.1 Å². The van der Waals surface area contributed by atoms with E-state index in [0.717, 1.165) is 24.0 Å². The van der Waals surface area contributed by atoms with Gasteiger partial charge in [0.15, 0.2) is 17.3 Å². The molecule has 7 nitrogen and oxygen atoms in total. The zero-order valence-electron chi connectivity index (χ0n) is 15.5. The number of halogens is 1. The summed E-state index contributed by atoms with van der Waals surface area (Å²) in [5.74, 6) is -1.20. The Morgan fingerprint density at radius 2 is 2.07 bits per heavy atom. The number of aromatic nitrogens is 2. The molecule has 3 rings (SSSR count). The van der Waals surface area contributed by atoms with Crippen LogP contribution in [0, 0.1) is 5.82 Å². The van der Waals surface area contributed by atoms with Crippen LogP contribution in [-0.2, 0) is 17.9 Å². The Hall–Kier alpha value is -3.42. The molecule has 0 amide bonds. The molecular formula is C20H20FN3O4. The molecule has 2 aromatic carbocycles. The second-order valence-corrected chi connectivity index (χ2v) is 6.21. The van der Waals surface area contributed by atoms with Crippen LogP contribution in [0.5, 0.6) is 11.5 Å². The summed E-state index contributed by atoms with van der Waals surface area (Å²) in [5, 5.41) is 26.6. The number of aryl methyl sites for hydroxylation is 1. The summed E-state index contributed by atoms with van der Waals surface area (Å²) in [4.78, 5) is 9.66. The third kappa shape index (κ3) is 4.28. The van der Waals surface area contributed by atoms with Crippen LogP contribution in [0.15, 0.2) is 46.1 Å². The van der Waals surface area contributed by atoms with E-state index in [1.807, 2.05) is 31.2 Å². The van der Waals surface area contributed by atoms with Crippen LogP contribution < -0.4 is 0 Å². The number of hydrogen-bond donors (Lipinski definition) is 2. The van der Waals surface area contributed by atoms with Gasteiger partial charge in [-0.05, 0) is 37.1 Å². The topological polar surface area (TPSA) is 101 Å². The molecule has 1 aromatic heterocycles. The Balaban J connectivity index is 1.69. The highest BCUT2D eigenvalue weighted by Gasteiger charge is 2.14. The number of hydrogen-bond acceptors (Lipinski definition) is 7. The highest BCUT2D eigenvalue weighted by molar-refractivity contribution is 5.99. The summed E-state index contributed by atoms with van der Waals surface area (Å²) in [5.41, 5.74) is 1.89. The number of oxime groups is 1. The SMILES string of the molecule is CCCc1nc(-c2cccc(CON=C(C)c3ccc(O)c(O)c3F)c2)no1. The Kier molecular flexibility index (Phi) is 5.88. The predicted octanol–water partition coefficient (Wildman–Crippen LogP) is 4.18. The van der Waals surface area contributed by atoms with Crippen molar-refractivity contribution in [3.05, 3.63) is 59.2 Å². The van der Waals surface area contributed by atoms with Gasteiger partial charge in [0.1, 0.15) is 6.61 Å². The van der Waals surface area contributed by atoms with Gasteiger partial charge in [0.25, 0.3) is 0 Å². The lowest BCUT2D eigenvalue weighted by molar-refractivity contribution is 0.130. The van der Waals surface area contributed by atoms with Crippen molar-refractivity contribution in [2.24, 2.45) is 5.16 Å². The summed E-state index contributed by atoms with van der Waals surface area (Å²) in [6, 6.07) is 9.93. The minimum atomic E-state index is -0.952. The van der Waals surface area contributed by atoms with Gasteiger partial charge < -0.3 is 19.6 Å². The Labute approximate surface area is 161 Å². The Morgan fingerprint density at radius 3 is 2.86 bits per heavy atom. The molecule has 0 fully saturated rings. The molecule has 0 saturated carbocycles. The van der Waals surface area contributed by atoms with E-state index >= 15 is 0 Å². The van der Waals surface area contributed by atoms with Crippen molar-refractivity contribution in [2.45, 2.75) is 33.3 Å². The van der Waals surface area contributed by atoms with Crippen LogP contribution in [0.2, 0.25) is 0 Å². The molecule has 0 aliphatic heterocycles. The largest absolute Gasteiger partial charge is 0.504 e. The van der Waals surface area contributed by atoms with Crippen LogP contribution >= 0.6 is 0 Å². The zero-order chi connectivity index (χ0) is 20.1. The van der Waals surface area contributed by atoms with Gasteiger partial charge in [-0.2, -0.15) is 4.98 Å². The lowest BCUT2D eigenvalue weighted by atomic mass is 10.1. The quantitative estimate of drug-likeness (QED) is 0.359.